The van der Waals surface area contributed by atoms with E-state index in [1.165, 1.54) is 12.4 Å². The zero-order chi connectivity index (χ0) is 12.7. The number of aromatic nitrogens is 2. The number of nitrogens with one attached hydrogen (secondary N) is 2. The number of amides is 1. The molecule has 2 N–H and O–H groups in total. The quantitative estimate of drug-likeness (QED) is 0.789. The number of hydrogen-bond acceptors (Lipinski definition) is 5. The Morgan fingerprint density at radius 1 is 1.53 bits per heavy atom. The Morgan fingerprint density at radius 2 is 2.29 bits per heavy atom. The van der Waals surface area contributed by atoms with Crippen molar-refractivity contribution in [2.24, 2.45) is 0 Å². The van der Waals surface area contributed by atoms with Crippen molar-refractivity contribution in [2.75, 3.05) is 12.4 Å². The Morgan fingerprint density at radius 3 is 2.76 bits per heavy atom. The third-order valence-corrected chi connectivity index (χ3v) is 2.31. The van der Waals surface area contributed by atoms with Crippen LogP contribution in [0.4, 0.5) is 5.82 Å². The minimum absolute atomic E-state index is 0.140. The Labute approximate surface area is 100 Å². The molecular formula is C11H15N5O. The van der Waals surface area contributed by atoms with E-state index in [0.29, 0.717) is 18.7 Å². The van der Waals surface area contributed by atoms with Crippen molar-refractivity contribution in [3.8, 4) is 6.07 Å². The summed E-state index contributed by atoms with van der Waals surface area (Å²) in [6.45, 7) is 1.91. The van der Waals surface area contributed by atoms with Crippen molar-refractivity contribution in [1.82, 2.24) is 15.3 Å². The highest BCUT2D eigenvalue weighted by Gasteiger charge is 2.13. The Kier molecular flexibility index (Phi) is 4.88. The van der Waals surface area contributed by atoms with Crippen molar-refractivity contribution in [1.29, 1.82) is 5.26 Å². The zero-order valence-corrected chi connectivity index (χ0v) is 9.90. The minimum atomic E-state index is -0.303. The molecule has 0 aliphatic carbocycles. The van der Waals surface area contributed by atoms with E-state index in [4.69, 9.17) is 5.26 Å². The van der Waals surface area contributed by atoms with Gasteiger partial charge in [-0.1, -0.05) is 6.92 Å². The SMILES string of the molecule is CC[C@@H](CC#N)NC(=O)c1cnc(NC)cn1. The van der Waals surface area contributed by atoms with E-state index in [1.807, 2.05) is 13.0 Å². The van der Waals surface area contributed by atoms with E-state index in [2.05, 4.69) is 20.6 Å². The van der Waals surface area contributed by atoms with Gasteiger partial charge < -0.3 is 10.6 Å². The van der Waals surface area contributed by atoms with Crippen LogP contribution in [0.1, 0.15) is 30.3 Å². The van der Waals surface area contributed by atoms with Gasteiger partial charge in [0.05, 0.1) is 24.9 Å². The standard InChI is InChI=1S/C11H15N5O/c1-3-8(4-5-12)16-11(17)9-6-15-10(13-2)7-14-9/h6-8H,3-4H2,1-2H3,(H,13,15)(H,16,17)/t8-/m0/s1. The van der Waals surface area contributed by atoms with Crippen LogP contribution >= 0.6 is 0 Å². The monoisotopic (exact) mass is 233 g/mol. The number of carbonyl (C=O) groups excluding carboxylic acids is 1. The van der Waals surface area contributed by atoms with Gasteiger partial charge in [0.25, 0.3) is 5.91 Å². The summed E-state index contributed by atoms with van der Waals surface area (Å²) in [4.78, 5) is 19.7. The van der Waals surface area contributed by atoms with Gasteiger partial charge in [0, 0.05) is 13.1 Å². The number of nitrogens with zero attached hydrogens (tertiary/aromatic N) is 3. The normalized spacial score (nSPS) is 11.4. The number of anilines is 1. The molecule has 6 nitrogen and oxygen atoms in total. The molecule has 0 saturated carbocycles. The van der Waals surface area contributed by atoms with Gasteiger partial charge in [-0.05, 0) is 6.42 Å². The number of rotatable bonds is 5. The fourth-order valence-electron chi connectivity index (χ4n) is 1.24. The van der Waals surface area contributed by atoms with Crippen molar-refractivity contribution in [2.45, 2.75) is 25.8 Å². The number of hydrogen-bond donors (Lipinski definition) is 2. The third-order valence-electron chi connectivity index (χ3n) is 2.31. The topological polar surface area (TPSA) is 90.7 Å². The average molecular weight is 233 g/mol. The molecule has 1 aromatic rings. The first kappa shape index (κ1) is 12.9. The van der Waals surface area contributed by atoms with Crippen molar-refractivity contribution in [3.05, 3.63) is 18.1 Å². The molecule has 1 aromatic heterocycles. The lowest BCUT2D eigenvalue weighted by Gasteiger charge is -2.12. The van der Waals surface area contributed by atoms with Gasteiger partial charge in [0.1, 0.15) is 11.5 Å². The summed E-state index contributed by atoms with van der Waals surface area (Å²) in [6, 6.07) is 1.89. The second-order valence-corrected chi connectivity index (χ2v) is 3.48. The Bertz CT molecular complexity index is 409. The van der Waals surface area contributed by atoms with Crippen LogP contribution in [0.15, 0.2) is 12.4 Å². The molecule has 0 fully saturated rings. The predicted molar refractivity (Wildman–Crippen MR) is 63.4 cm³/mol. The largest absolute Gasteiger partial charge is 0.372 e. The van der Waals surface area contributed by atoms with Crippen LogP contribution in [0, 0.1) is 11.3 Å². The summed E-state index contributed by atoms with van der Waals surface area (Å²) in [5.74, 6) is 0.299. The molecule has 0 saturated heterocycles. The molecule has 0 spiro atoms. The third kappa shape index (κ3) is 3.72. The smallest absolute Gasteiger partial charge is 0.271 e. The first-order valence-electron chi connectivity index (χ1n) is 5.38. The van der Waals surface area contributed by atoms with Gasteiger partial charge in [-0.15, -0.1) is 0 Å². The van der Waals surface area contributed by atoms with Crippen LogP contribution in [0.25, 0.3) is 0 Å². The first-order chi connectivity index (χ1) is 8.21. The summed E-state index contributed by atoms with van der Waals surface area (Å²) >= 11 is 0. The molecule has 1 amide bonds. The summed E-state index contributed by atoms with van der Waals surface area (Å²) in [5.41, 5.74) is 0.250. The average Bonchev–Trinajstić information content (AvgIpc) is 2.38. The maximum Gasteiger partial charge on any atom is 0.271 e. The van der Waals surface area contributed by atoms with E-state index in [1.54, 1.807) is 7.05 Å². The number of nitriles is 1. The van der Waals surface area contributed by atoms with Crippen molar-refractivity contribution in [3.63, 3.8) is 0 Å². The molecule has 6 heteroatoms. The second kappa shape index (κ2) is 6.43. The number of carbonyl (C=O) groups is 1. The maximum atomic E-state index is 11.7. The molecule has 1 rings (SSSR count). The molecule has 0 aliphatic heterocycles. The van der Waals surface area contributed by atoms with E-state index < -0.39 is 0 Å². The lowest BCUT2D eigenvalue weighted by molar-refractivity contribution is 0.0931. The van der Waals surface area contributed by atoms with Crippen LogP contribution in [0.2, 0.25) is 0 Å². The highest BCUT2D eigenvalue weighted by atomic mass is 16.1. The van der Waals surface area contributed by atoms with E-state index in [0.717, 1.165) is 0 Å². The van der Waals surface area contributed by atoms with Gasteiger partial charge in [-0.25, -0.2) is 9.97 Å². The van der Waals surface area contributed by atoms with Crippen molar-refractivity contribution >= 4 is 11.7 Å². The van der Waals surface area contributed by atoms with Gasteiger partial charge in [-0.3, -0.25) is 4.79 Å². The van der Waals surface area contributed by atoms with Crippen molar-refractivity contribution < 1.29 is 4.79 Å². The molecule has 0 unspecified atom stereocenters. The molecule has 17 heavy (non-hydrogen) atoms. The van der Waals surface area contributed by atoms with Crippen LogP contribution in [-0.2, 0) is 0 Å². The zero-order valence-electron chi connectivity index (χ0n) is 9.90. The fraction of sp³-hybridized carbons (Fsp3) is 0.455. The molecular weight excluding hydrogens is 218 g/mol. The van der Waals surface area contributed by atoms with Crippen LogP contribution in [-0.4, -0.2) is 29.0 Å². The molecule has 90 valence electrons. The molecule has 0 aromatic carbocycles. The maximum absolute atomic E-state index is 11.7. The lowest BCUT2D eigenvalue weighted by Crippen LogP contribution is -2.34. The summed E-state index contributed by atoms with van der Waals surface area (Å²) in [7, 11) is 1.73. The summed E-state index contributed by atoms with van der Waals surface area (Å²) in [6.07, 6.45) is 3.89. The highest BCUT2D eigenvalue weighted by Crippen LogP contribution is 2.02. The van der Waals surface area contributed by atoms with Gasteiger partial charge in [0.2, 0.25) is 0 Å². The molecule has 0 radical (unpaired) electrons. The van der Waals surface area contributed by atoms with E-state index in [9.17, 15) is 4.79 Å². The summed E-state index contributed by atoms with van der Waals surface area (Å²) in [5, 5.41) is 14.1. The first-order valence-corrected chi connectivity index (χ1v) is 5.38. The predicted octanol–water partition coefficient (Wildman–Crippen LogP) is 0.940. The fourth-order valence-corrected chi connectivity index (χ4v) is 1.24. The van der Waals surface area contributed by atoms with Crippen LogP contribution in [0.5, 0.6) is 0 Å². The molecule has 1 atom stereocenters. The Hall–Kier alpha value is -2.16. The highest BCUT2D eigenvalue weighted by molar-refractivity contribution is 5.92. The van der Waals surface area contributed by atoms with Crippen LogP contribution < -0.4 is 10.6 Å². The molecule has 1 heterocycles. The minimum Gasteiger partial charge on any atom is -0.372 e. The molecule has 0 bridgehead atoms. The van der Waals surface area contributed by atoms with Gasteiger partial charge in [-0.2, -0.15) is 5.26 Å². The van der Waals surface area contributed by atoms with Crippen LogP contribution in [0.3, 0.4) is 0 Å². The second-order valence-electron chi connectivity index (χ2n) is 3.48. The van der Waals surface area contributed by atoms with Gasteiger partial charge >= 0.3 is 0 Å². The lowest BCUT2D eigenvalue weighted by atomic mass is 10.1. The van der Waals surface area contributed by atoms with E-state index >= 15 is 0 Å². The Balaban J connectivity index is 2.65. The van der Waals surface area contributed by atoms with E-state index in [-0.39, 0.29) is 17.6 Å². The summed E-state index contributed by atoms with van der Waals surface area (Å²) < 4.78 is 0. The van der Waals surface area contributed by atoms with Gasteiger partial charge in [0.15, 0.2) is 0 Å². The molecule has 0 aliphatic rings.